The van der Waals surface area contributed by atoms with E-state index < -0.39 is 5.60 Å². The van der Waals surface area contributed by atoms with Crippen molar-refractivity contribution in [1.82, 2.24) is 4.98 Å². The fourth-order valence-corrected chi connectivity index (χ4v) is 7.60. The molecule has 0 unspecified atom stereocenters. The quantitative estimate of drug-likeness (QED) is 0.369. The van der Waals surface area contributed by atoms with Crippen LogP contribution in [0.15, 0.2) is 21.9 Å². The average molecular weight is 478 g/mol. The third kappa shape index (κ3) is 6.16. The number of fused-ring (bicyclic) bond motifs is 3. The summed E-state index contributed by atoms with van der Waals surface area (Å²) >= 11 is 3.19. The summed E-state index contributed by atoms with van der Waals surface area (Å²) in [6.07, 6.45) is 15.4. The molecule has 0 N–H and O–H groups in total. The molecule has 1 aliphatic heterocycles. The standard InChI is InChI=1S/C25H35NO4S2/c1-17(27)29-22-11-10-19-9-6-13-25(2,15-18-7-4-3-5-8-18)30-23(28)21-16-32-24(26-21)31-14-12-20(19)22/h6,9,16,18-20,22H,3-5,7-8,10-15H2,1-2H3/b9-6+/t19-,20+,22-,25+/m0/s1. The van der Waals surface area contributed by atoms with Crippen LogP contribution in [-0.2, 0) is 14.3 Å². The number of allylic oxidation sites excluding steroid dienone is 1. The van der Waals surface area contributed by atoms with Gasteiger partial charge >= 0.3 is 11.9 Å². The van der Waals surface area contributed by atoms with Gasteiger partial charge in [0.1, 0.15) is 11.7 Å². The number of nitrogens with zero attached hydrogens (tertiary/aromatic N) is 1. The third-order valence-corrected chi connectivity index (χ3v) is 9.27. The van der Waals surface area contributed by atoms with E-state index in [2.05, 4.69) is 24.1 Å². The summed E-state index contributed by atoms with van der Waals surface area (Å²) in [5, 5.41) is 1.82. The summed E-state index contributed by atoms with van der Waals surface area (Å²) in [6.45, 7) is 3.59. The van der Waals surface area contributed by atoms with Crippen molar-refractivity contribution in [3.63, 3.8) is 0 Å². The lowest BCUT2D eigenvalue weighted by Crippen LogP contribution is -2.34. The number of thiazole rings is 1. The summed E-state index contributed by atoms with van der Waals surface area (Å²) in [5.74, 6) is 1.74. The van der Waals surface area contributed by atoms with Gasteiger partial charge in [-0.15, -0.1) is 11.3 Å². The van der Waals surface area contributed by atoms with E-state index in [9.17, 15) is 9.59 Å². The second-order valence-corrected chi connectivity index (χ2v) is 12.1. The fraction of sp³-hybridized carbons (Fsp3) is 0.720. The zero-order valence-corrected chi connectivity index (χ0v) is 20.8. The molecule has 0 radical (unpaired) electrons. The first-order valence-electron chi connectivity index (χ1n) is 12.1. The Bertz CT molecular complexity index is 832. The van der Waals surface area contributed by atoms with E-state index in [0.717, 1.165) is 35.8 Å². The van der Waals surface area contributed by atoms with Gasteiger partial charge in [0.15, 0.2) is 10.0 Å². The Kier molecular flexibility index (Phi) is 7.98. The van der Waals surface area contributed by atoms with Gasteiger partial charge in [-0.05, 0) is 44.4 Å². The van der Waals surface area contributed by atoms with Crippen molar-refractivity contribution in [1.29, 1.82) is 0 Å². The Morgan fingerprint density at radius 2 is 2.03 bits per heavy atom. The molecule has 2 heterocycles. The predicted octanol–water partition coefficient (Wildman–Crippen LogP) is 6.43. The molecule has 0 aromatic carbocycles. The van der Waals surface area contributed by atoms with Gasteiger partial charge < -0.3 is 9.47 Å². The molecule has 0 spiro atoms. The van der Waals surface area contributed by atoms with Crippen molar-refractivity contribution >= 4 is 35.0 Å². The highest BCUT2D eigenvalue weighted by molar-refractivity contribution is 8.01. The molecule has 32 heavy (non-hydrogen) atoms. The van der Waals surface area contributed by atoms with Crippen LogP contribution >= 0.6 is 23.1 Å². The highest BCUT2D eigenvalue weighted by atomic mass is 32.2. The Labute approximate surface area is 199 Å². The summed E-state index contributed by atoms with van der Waals surface area (Å²) in [6, 6.07) is 0. The molecule has 2 fully saturated rings. The highest BCUT2D eigenvalue weighted by Gasteiger charge is 2.37. The van der Waals surface area contributed by atoms with Gasteiger partial charge in [0.05, 0.1) is 0 Å². The minimum Gasteiger partial charge on any atom is -0.462 e. The maximum absolute atomic E-state index is 12.9. The van der Waals surface area contributed by atoms with Crippen LogP contribution in [-0.4, -0.2) is 34.4 Å². The number of cyclic esters (lactones) is 1. The van der Waals surface area contributed by atoms with E-state index in [1.54, 1.807) is 11.8 Å². The van der Waals surface area contributed by atoms with Gasteiger partial charge in [-0.25, -0.2) is 9.78 Å². The van der Waals surface area contributed by atoms with Crippen molar-refractivity contribution in [3.8, 4) is 0 Å². The monoisotopic (exact) mass is 477 g/mol. The van der Waals surface area contributed by atoms with Crippen LogP contribution < -0.4 is 0 Å². The predicted molar refractivity (Wildman–Crippen MR) is 128 cm³/mol. The van der Waals surface area contributed by atoms with E-state index in [0.29, 0.717) is 29.9 Å². The second kappa shape index (κ2) is 10.7. The van der Waals surface area contributed by atoms with Crippen molar-refractivity contribution in [2.45, 2.75) is 94.1 Å². The lowest BCUT2D eigenvalue weighted by molar-refractivity contribution is -0.148. The van der Waals surface area contributed by atoms with Crippen LogP contribution in [0.1, 0.15) is 88.5 Å². The number of ether oxygens (including phenoxy) is 2. The minimum absolute atomic E-state index is 0.00559. The molecule has 0 amide bonds. The minimum atomic E-state index is -0.528. The van der Waals surface area contributed by atoms with Crippen LogP contribution in [0.3, 0.4) is 0 Å². The van der Waals surface area contributed by atoms with Crippen LogP contribution in [0.2, 0.25) is 0 Å². The third-order valence-electron chi connectivity index (χ3n) is 7.22. The van der Waals surface area contributed by atoms with Gasteiger partial charge in [-0.1, -0.05) is 56.0 Å². The van der Waals surface area contributed by atoms with E-state index in [4.69, 9.17) is 9.47 Å². The molecule has 2 bridgehead atoms. The van der Waals surface area contributed by atoms with E-state index >= 15 is 0 Å². The molecule has 4 rings (SSSR count). The smallest absolute Gasteiger partial charge is 0.358 e. The zero-order chi connectivity index (χ0) is 22.6. The Morgan fingerprint density at radius 1 is 1.22 bits per heavy atom. The number of rotatable bonds is 3. The maximum atomic E-state index is 12.9. The van der Waals surface area contributed by atoms with Crippen LogP contribution in [0.25, 0.3) is 0 Å². The van der Waals surface area contributed by atoms with Gasteiger partial charge in [0.25, 0.3) is 0 Å². The molecule has 1 aromatic heterocycles. The normalized spacial score (nSPS) is 33.1. The number of hydrogen-bond donors (Lipinski definition) is 0. The molecule has 3 aliphatic rings. The first-order valence-corrected chi connectivity index (χ1v) is 13.9. The van der Waals surface area contributed by atoms with Crippen molar-refractivity contribution in [2.24, 2.45) is 17.8 Å². The number of esters is 2. The lowest BCUT2D eigenvalue weighted by Gasteiger charge is -2.34. The van der Waals surface area contributed by atoms with E-state index in [-0.39, 0.29) is 18.0 Å². The molecule has 4 atom stereocenters. The molecular formula is C25H35NO4S2. The largest absolute Gasteiger partial charge is 0.462 e. The summed E-state index contributed by atoms with van der Waals surface area (Å²) in [4.78, 5) is 29.1. The van der Waals surface area contributed by atoms with Gasteiger partial charge in [-0.3, -0.25) is 4.79 Å². The first-order chi connectivity index (χ1) is 15.4. The molecule has 5 nitrogen and oxygen atoms in total. The SMILES string of the molecule is CC(=O)O[C@H]1CC[C@@H]2/C=C/C[C@](C)(CC3CCCCC3)OC(=O)c3csc(n3)SCC[C@@H]12. The van der Waals surface area contributed by atoms with Gasteiger partial charge in [0.2, 0.25) is 0 Å². The molecular weight excluding hydrogens is 442 g/mol. The molecule has 1 aromatic rings. The van der Waals surface area contributed by atoms with Gasteiger partial charge in [0, 0.05) is 30.4 Å². The van der Waals surface area contributed by atoms with E-state index in [1.807, 2.05) is 5.38 Å². The molecule has 2 saturated carbocycles. The molecule has 176 valence electrons. The van der Waals surface area contributed by atoms with Crippen molar-refractivity contribution in [3.05, 3.63) is 23.2 Å². The zero-order valence-electron chi connectivity index (χ0n) is 19.2. The lowest BCUT2D eigenvalue weighted by atomic mass is 9.80. The molecule has 2 aliphatic carbocycles. The average Bonchev–Trinajstić information content (AvgIpc) is 3.36. The first kappa shape index (κ1) is 23.8. The summed E-state index contributed by atoms with van der Waals surface area (Å²) in [7, 11) is 0. The highest BCUT2D eigenvalue weighted by Crippen LogP contribution is 2.40. The van der Waals surface area contributed by atoms with E-state index in [1.165, 1.54) is 50.4 Å². The number of hydrogen-bond acceptors (Lipinski definition) is 7. The Morgan fingerprint density at radius 3 is 2.81 bits per heavy atom. The molecule has 0 saturated heterocycles. The fourth-order valence-electron chi connectivity index (χ4n) is 5.70. The summed E-state index contributed by atoms with van der Waals surface area (Å²) in [5.41, 5.74) is -0.107. The van der Waals surface area contributed by atoms with Crippen molar-refractivity contribution in [2.75, 3.05) is 5.75 Å². The van der Waals surface area contributed by atoms with Crippen LogP contribution in [0, 0.1) is 17.8 Å². The Balaban J connectivity index is 1.55. The van der Waals surface area contributed by atoms with Crippen LogP contribution in [0.5, 0.6) is 0 Å². The van der Waals surface area contributed by atoms with Crippen LogP contribution in [0.4, 0.5) is 0 Å². The number of carbonyl (C=O) groups is 2. The van der Waals surface area contributed by atoms with Gasteiger partial charge in [-0.2, -0.15) is 0 Å². The summed E-state index contributed by atoms with van der Waals surface area (Å²) < 4.78 is 12.7. The second-order valence-electron chi connectivity index (χ2n) is 9.87. The number of carbonyl (C=O) groups excluding carboxylic acids is 2. The maximum Gasteiger partial charge on any atom is 0.358 e. The molecule has 7 heteroatoms. The number of thioether (sulfide) groups is 1. The number of aromatic nitrogens is 1. The van der Waals surface area contributed by atoms with Crippen molar-refractivity contribution < 1.29 is 19.1 Å². The topological polar surface area (TPSA) is 65.5 Å². The Hall–Kier alpha value is -1.34.